The maximum Gasteiger partial charge on any atom is 0.154 e. The normalized spacial score (nSPS) is 32.8. The van der Waals surface area contributed by atoms with E-state index in [1.807, 2.05) is 4.90 Å². The highest BCUT2D eigenvalue weighted by molar-refractivity contribution is 7.91. The summed E-state index contributed by atoms with van der Waals surface area (Å²) < 4.78 is 22.8. The van der Waals surface area contributed by atoms with E-state index in [4.69, 9.17) is 5.26 Å². The topological polar surface area (TPSA) is 81.4 Å². The van der Waals surface area contributed by atoms with Crippen LogP contribution < -0.4 is 0 Å². The fraction of sp³-hybridized carbons (Fsp3) is 0.900. The van der Waals surface area contributed by atoms with Crippen LogP contribution in [0.15, 0.2) is 0 Å². The van der Waals surface area contributed by atoms with Crippen LogP contribution in [0.5, 0.6) is 0 Å². The van der Waals surface area contributed by atoms with Crippen LogP contribution in [0.2, 0.25) is 0 Å². The molecule has 0 aromatic rings. The number of nitrogens with zero attached hydrogens (tertiary/aromatic N) is 2. The number of nitriles is 1. The number of sulfone groups is 1. The van der Waals surface area contributed by atoms with Gasteiger partial charge >= 0.3 is 0 Å². The monoisotopic (exact) mass is 244 g/mol. The molecule has 0 spiro atoms. The van der Waals surface area contributed by atoms with Crippen molar-refractivity contribution in [2.45, 2.75) is 37.5 Å². The summed E-state index contributed by atoms with van der Waals surface area (Å²) in [6, 6.07) is 2.14. The molecule has 2 atom stereocenters. The quantitative estimate of drug-likeness (QED) is 0.722. The van der Waals surface area contributed by atoms with Crippen LogP contribution in [0.1, 0.15) is 19.3 Å². The maximum absolute atomic E-state index is 11.4. The summed E-state index contributed by atoms with van der Waals surface area (Å²) in [6.07, 6.45) is 1.70. The van der Waals surface area contributed by atoms with Crippen LogP contribution in [0.4, 0.5) is 0 Å². The fourth-order valence-corrected chi connectivity index (χ4v) is 4.14. The molecule has 6 heteroatoms. The molecule has 2 aliphatic rings. The summed E-state index contributed by atoms with van der Waals surface area (Å²) >= 11 is 0. The molecule has 0 amide bonds. The average molecular weight is 244 g/mol. The Morgan fingerprint density at radius 1 is 1.38 bits per heavy atom. The summed E-state index contributed by atoms with van der Waals surface area (Å²) in [5, 5.41) is 18.3. The van der Waals surface area contributed by atoms with Gasteiger partial charge in [-0.1, -0.05) is 0 Å². The molecule has 90 valence electrons. The third-order valence-electron chi connectivity index (χ3n) is 3.22. The molecule has 1 heterocycles. The second-order valence-corrected chi connectivity index (χ2v) is 6.74. The standard InChI is InChI=1S/C10H16N2O3S/c11-4-1-5-12(8-2-3-8)9-6-16(14,15)7-10(9)13/h8-10,13H,1-3,5-7H2. The lowest BCUT2D eigenvalue weighted by atomic mass is 10.1. The molecule has 1 aliphatic carbocycles. The molecular formula is C10H16N2O3S. The molecule has 2 unspecified atom stereocenters. The van der Waals surface area contributed by atoms with Gasteiger partial charge in [0.2, 0.25) is 0 Å². The van der Waals surface area contributed by atoms with E-state index in [0.29, 0.717) is 19.0 Å². The van der Waals surface area contributed by atoms with Gasteiger partial charge in [0.05, 0.1) is 29.7 Å². The summed E-state index contributed by atoms with van der Waals surface area (Å²) in [7, 11) is -3.10. The van der Waals surface area contributed by atoms with Gasteiger partial charge in [0.15, 0.2) is 9.84 Å². The largest absolute Gasteiger partial charge is 0.390 e. The van der Waals surface area contributed by atoms with Gasteiger partial charge in [-0.2, -0.15) is 5.26 Å². The molecule has 16 heavy (non-hydrogen) atoms. The highest BCUT2D eigenvalue weighted by Crippen LogP contribution is 2.32. The van der Waals surface area contributed by atoms with Gasteiger partial charge in [0, 0.05) is 19.0 Å². The van der Waals surface area contributed by atoms with Gasteiger partial charge in [-0.25, -0.2) is 8.42 Å². The van der Waals surface area contributed by atoms with E-state index in [-0.39, 0.29) is 17.5 Å². The first-order chi connectivity index (χ1) is 7.53. The molecule has 0 aromatic carbocycles. The third kappa shape index (κ3) is 2.54. The molecule has 2 fully saturated rings. The lowest BCUT2D eigenvalue weighted by Gasteiger charge is -2.29. The zero-order chi connectivity index (χ0) is 11.8. The second kappa shape index (κ2) is 4.32. The van der Waals surface area contributed by atoms with E-state index in [0.717, 1.165) is 12.8 Å². The molecule has 1 N–H and O–H groups in total. The van der Waals surface area contributed by atoms with Crippen LogP contribution in [-0.2, 0) is 9.84 Å². The van der Waals surface area contributed by atoms with E-state index >= 15 is 0 Å². The van der Waals surface area contributed by atoms with Gasteiger partial charge in [0.1, 0.15) is 0 Å². The molecule has 0 bridgehead atoms. The van der Waals surface area contributed by atoms with Crippen molar-refractivity contribution in [1.29, 1.82) is 5.26 Å². The number of aliphatic hydroxyl groups excluding tert-OH is 1. The summed E-state index contributed by atoms with van der Waals surface area (Å²) in [4.78, 5) is 2.01. The van der Waals surface area contributed by atoms with Gasteiger partial charge in [-0.05, 0) is 12.8 Å². The van der Waals surface area contributed by atoms with E-state index in [2.05, 4.69) is 6.07 Å². The second-order valence-electron chi connectivity index (χ2n) is 4.59. The van der Waals surface area contributed by atoms with Crippen LogP contribution in [-0.4, -0.2) is 54.7 Å². The number of hydrogen-bond acceptors (Lipinski definition) is 5. The first-order valence-electron chi connectivity index (χ1n) is 5.54. The summed E-state index contributed by atoms with van der Waals surface area (Å²) in [5.41, 5.74) is 0. The Hall–Kier alpha value is -0.640. The van der Waals surface area contributed by atoms with Crippen molar-refractivity contribution < 1.29 is 13.5 Å². The molecule has 0 radical (unpaired) electrons. The number of rotatable bonds is 4. The fourth-order valence-electron chi connectivity index (χ4n) is 2.33. The summed E-state index contributed by atoms with van der Waals surface area (Å²) in [5.74, 6) is -0.0937. The van der Waals surface area contributed by atoms with Crippen molar-refractivity contribution in [2.75, 3.05) is 18.1 Å². The van der Waals surface area contributed by atoms with E-state index in [9.17, 15) is 13.5 Å². The van der Waals surface area contributed by atoms with E-state index in [1.54, 1.807) is 0 Å². The Morgan fingerprint density at radius 2 is 2.06 bits per heavy atom. The third-order valence-corrected chi connectivity index (χ3v) is 4.92. The molecular weight excluding hydrogens is 228 g/mol. The Morgan fingerprint density at radius 3 is 2.50 bits per heavy atom. The Balaban J connectivity index is 2.06. The highest BCUT2D eigenvalue weighted by atomic mass is 32.2. The predicted molar refractivity (Wildman–Crippen MR) is 58.4 cm³/mol. The Bertz CT molecular complexity index is 397. The molecule has 5 nitrogen and oxygen atoms in total. The van der Waals surface area contributed by atoms with Crippen molar-refractivity contribution >= 4 is 9.84 Å². The molecule has 1 aliphatic heterocycles. The first kappa shape index (κ1) is 11.8. The Kier molecular flexibility index (Phi) is 3.19. The van der Waals surface area contributed by atoms with Crippen molar-refractivity contribution in [3.05, 3.63) is 0 Å². The molecule has 0 aromatic heterocycles. The Labute approximate surface area is 95.6 Å². The average Bonchev–Trinajstić information content (AvgIpc) is 2.95. The van der Waals surface area contributed by atoms with Crippen LogP contribution in [0.3, 0.4) is 0 Å². The number of hydrogen-bond donors (Lipinski definition) is 1. The minimum atomic E-state index is -3.10. The lowest BCUT2D eigenvalue weighted by molar-refractivity contribution is 0.0792. The van der Waals surface area contributed by atoms with Gasteiger partial charge in [-0.3, -0.25) is 4.90 Å². The van der Waals surface area contributed by atoms with Crippen molar-refractivity contribution in [2.24, 2.45) is 0 Å². The van der Waals surface area contributed by atoms with Gasteiger partial charge in [-0.15, -0.1) is 0 Å². The lowest BCUT2D eigenvalue weighted by Crippen LogP contribution is -2.44. The molecule has 1 saturated heterocycles. The van der Waals surface area contributed by atoms with Crippen LogP contribution in [0.25, 0.3) is 0 Å². The zero-order valence-corrected chi connectivity index (χ0v) is 9.86. The SMILES string of the molecule is N#CCCN(C1CC1)C1CS(=O)(=O)CC1O. The highest BCUT2D eigenvalue weighted by Gasteiger charge is 2.44. The number of aliphatic hydroxyl groups is 1. The van der Waals surface area contributed by atoms with Gasteiger partial charge < -0.3 is 5.11 Å². The zero-order valence-electron chi connectivity index (χ0n) is 9.04. The van der Waals surface area contributed by atoms with Gasteiger partial charge in [0.25, 0.3) is 0 Å². The summed E-state index contributed by atoms with van der Waals surface area (Å²) in [6.45, 7) is 0.568. The minimum Gasteiger partial charge on any atom is -0.390 e. The van der Waals surface area contributed by atoms with E-state index < -0.39 is 15.9 Å². The van der Waals surface area contributed by atoms with Crippen molar-refractivity contribution in [1.82, 2.24) is 4.90 Å². The molecule has 2 rings (SSSR count). The minimum absolute atomic E-state index is 0.0378. The van der Waals surface area contributed by atoms with Crippen molar-refractivity contribution in [3.63, 3.8) is 0 Å². The predicted octanol–water partition coefficient (Wildman–Crippen LogP) is -0.478. The van der Waals surface area contributed by atoms with Crippen LogP contribution in [0, 0.1) is 11.3 Å². The smallest absolute Gasteiger partial charge is 0.154 e. The first-order valence-corrected chi connectivity index (χ1v) is 7.37. The van der Waals surface area contributed by atoms with Crippen molar-refractivity contribution in [3.8, 4) is 6.07 Å². The maximum atomic E-state index is 11.4. The van der Waals surface area contributed by atoms with Crippen LogP contribution >= 0.6 is 0 Å². The van der Waals surface area contributed by atoms with E-state index in [1.165, 1.54) is 0 Å². The molecule has 1 saturated carbocycles.